The van der Waals surface area contributed by atoms with Gasteiger partial charge in [0.25, 0.3) is 0 Å². The fourth-order valence-electron chi connectivity index (χ4n) is 0.923. The zero-order valence-corrected chi connectivity index (χ0v) is 8.43. The van der Waals surface area contributed by atoms with Gasteiger partial charge in [-0.15, -0.1) is 0 Å². The molecule has 0 radical (unpaired) electrons. The summed E-state index contributed by atoms with van der Waals surface area (Å²) in [5.74, 6) is 6.59. The summed E-state index contributed by atoms with van der Waals surface area (Å²) in [6, 6.07) is 5.82. The summed E-state index contributed by atoms with van der Waals surface area (Å²) >= 11 is 0. The molecule has 1 aromatic carbocycles. The first-order valence-electron chi connectivity index (χ1n) is 4.38. The van der Waals surface area contributed by atoms with Crippen molar-refractivity contribution in [3.63, 3.8) is 0 Å². The van der Waals surface area contributed by atoms with E-state index in [1.807, 2.05) is 0 Å². The molecule has 86 valence electrons. The Labute approximate surface area is 95.6 Å². The first-order chi connectivity index (χ1) is 7.88. The van der Waals surface area contributed by atoms with Crippen LogP contribution in [0.15, 0.2) is 24.3 Å². The smallest absolute Gasteiger partial charge is 0.366 e. The van der Waals surface area contributed by atoms with E-state index < -0.39 is 12.1 Å². The first kappa shape index (κ1) is 12.7. The molecule has 2 nitrogen and oxygen atoms in total. The summed E-state index contributed by atoms with van der Waals surface area (Å²) in [5.41, 5.74) is 5.76. The molecule has 0 heterocycles. The van der Waals surface area contributed by atoms with Crippen molar-refractivity contribution in [3.8, 4) is 23.7 Å². The summed E-state index contributed by atoms with van der Waals surface area (Å²) in [5, 5.41) is 0. The minimum absolute atomic E-state index is 0.303. The van der Waals surface area contributed by atoms with Crippen LogP contribution < -0.4 is 5.73 Å². The Hall–Kier alpha value is -2.40. The molecule has 17 heavy (non-hydrogen) atoms. The van der Waals surface area contributed by atoms with Crippen LogP contribution in [0.1, 0.15) is 15.9 Å². The minimum atomic E-state index is -4.54. The van der Waals surface area contributed by atoms with Crippen molar-refractivity contribution in [3.05, 3.63) is 35.4 Å². The summed E-state index contributed by atoms with van der Waals surface area (Å²) in [4.78, 5) is 10.7. The lowest BCUT2D eigenvalue weighted by Gasteiger charge is -1.93. The van der Waals surface area contributed by atoms with Crippen LogP contribution >= 0.6 is 0 Å². The van der Waals surface area contributed by atoms with Crippen molar-refractivity contribution in [2.24, 2.45) is 5.73 Å². The maximum Gasteiger partial charge on any atom is 0.458 e. The monoisotopic (exact) mass is 237 g/mol. The summed E-state index contributed by atoms with van der Waals surface area (Å²) in [6.45, 7) is 0. The van der Waals surface area contributed by atoms with Gasteiger partial charge < -0.3 is 5.73 Å². The number of nitrogens with two attached hydrogens (primary N) is 1. The lowest BCUT2D eigenvalue weighted by atomic mass is 10.1. The van der Waals surface area contributed by atoms with Crippen LogP contribution in [0.2, 0.25) is 0 Å². The van der Waals surface area contributed by atoms with Crippen LogP contribution in [0.5, 0.6) is 0 Å². The molecule has 0 spiro atoms. The van der Waals surface area contributed by atoms with Crippen LogP contribution in [-0.2, 0) is 0 Å². The molecule has 0 saturated heterocycles. The molecule has 1 amide bonds. The van der Waals surface area contributed by atoms with E-state index in [1.54, 1.807) is 5.92 Å². The molecule has 0 atom stereocenters. The number of rotatable bonds is 1. The van der Waals surface area contributed by atoms with Crippen molar-refractivity contribution in [2.45, 2.75) is 6.18 Å². The van der Waals surface area contributed by atoms with E-state index in [9.17, 15) is 18.0 Å². The van der Waals surface area contributed by atoms with Gasteiger partial charge in [0.15, 0.2) is 0 Å². The van der Waals surface area contributed by atoms with E-state index >= 15 is 0 Å². The number of primary amides is 1. The third-order valence-electron chi connectivity index (χ3n) is 1.64. The number of benzene rings is 1. The molecule has 0 bridgehead atoms. The van der Waals surface area contributed by atoms with Gasteiger partial charge >= 0.3 is 6.18 Å². The molecule has 0 aliphatic rings. The van der Waals surface area contributed by atoms with Crippen LogP contribution in [-0.4, -0.2) is 12.1 Å². The molecule has 1 rings (SSSR count). The Bertz CT molecular complexity index is 536. The molecule has 0 fully saturated rings. The van der Waals surface area contributed by atoms with Gasteiger partial charge in [-0.25, -0.2) is 0 Å². The largest absolute Gasteiger partial charge is 0.458 e. The number of hydrogen-bond donors (Lipinski definition) is 1. The number of alkyl halides is 3. The van der Waals surface area contributed by atoms with E-state index in [1.165, 1.54) is 24.3 Å². The molecule has 0 aliphatic carbocycles. The van der Waals surface area contributed by atoms with Crippen LogP contribution in [0, 0.1) is 23.7 Å². The van der Waals surface area contributed by atoms with E-state index in [0.717, 1.165) is 5.92 Å². The van der Waals surface area contributed by atoms with E-state index in [0.29, 0.717) is 11.1 Å². The summed E-state index contributed by atoms with van der Waals surface area (Å²) in [6.07, 6.45) is -4.54. The highest BCUT2D eigenvalue weighted by molar-refractivity contribution is 5.92. The molecule has 0 unspecified atom stereocenters. The van der Waals surface area contributed by atoms with Crippen LogP contribution in [0.4, 0.5) is 13.2 Å². The van der Waals surface area contributed by atoms with Gasteiger partial charge in [-0.3, -0.25) is 4.79 Å². The van der Waals surface area contributed by atoms with Crippen molar-refractivity contribution < 1.29 is 18.0 Å². The number of amides is 1. The lowest BCUT2D eigenvalue weighted by Crippen LogP contribution is -2.10. The predicted octanol–water partition coefficient (Wildman–Crippen LogP) is 1.70. The topological polar surface area (TPSA) is 43.1 Å². The highest BCUT2D eigenvalue weighted by atomic mass is 19.4. The van der Waals surface area contributed by atoms with Crippen molar-refractivity contribution >= 4 is 5.91 Å². The van der Waals surface area contributed by atoms with Crippen LogP contribution in [0.3, 0.4) is 0 Å². The molecular formula is C12H6F3NO. The second-order valence-electron chi connectivity index (χ2n) is 2.94. The Morgan fingerprint density at radius 3 is 2.18 bits per heavy atom. The average Bonchev–Trinajstić information content (AvgIpc) is 2.24. The summed E-state index contributed by atoms with van der Waals surface area (Å²) in [7, 11) is 0. The van der Waals surface area contributed by atoms with E-state index in [4.69, 9.17) is 5.73 Å². The molecule has 0 aliphatic heterocycles. The van der Waals surface area contributed by atoms with Gasteiger partial charge in [0.05, 0.1) is 0 Å². The normalized spacial score (nSPS) is 9.59. The first-order valence-corrected chi connectivity index (χ1v) is 4.38. The standard InChI is InChI=1S/C12H6F3NO/c13-12(14,15)8-2-1-3-9-4-6-10(7-5-9)11(16)17/h4-7H,(H2,16,17). The predicted molar refractivity (Wildman–Crippen MR) is 55.7 cm³/mol. The maximum atomic E-state index is 11.6. The van der Waals surface area contributed by atoms with Crippen molar-refractivity contribution in [1.82, 2.24) is 0 Å². The zero-order chi connectivity index (χ0) is 12.9. The van der Waals surface area contributed by atoms with Gasteiger partial charge in [-0.2, -0.15) is 13.2 Å². The number of hydrogen-bond acceptors (Lipinski definition) is 1. The fraction of sp³-hybridized carbons (Fsp3) is 0.0833. The van der Waals surface area contributed by atoms with Crippen molar-refractivity contribution in [1.29, 1.82) is 0 Å². The van der Waals surface area contributed by atoms with E-state index in [-0.39, 0.29) is 0 Å². The number of halogens is 3. The van der Waals surface area contributed by atoms with Gasteiger partial charge in [0.2, 0.25) is 5.91 Å². The number of carbonyl (C=O) groups is 1. The Morgan fingerprint density at radius 1 is 1.12 bits per heavy atom. The van der Waals surface area contributed by atoms with E-state index in [2.05, 4.69) is 11.8 Å². The molecule has 5 heteroatoms. The lowest BCUT2D eigenvalue weighted by molar-refractivity contribution is -0.0696. The second kappa shape index (κ2) is 5.09. The molecule has 0 saturated carbocycles. The second-order valence-corrected chi connectivity index (χ2v) is 2.94. The highest BCUT2D eigenvalue weighted by Crippen LogP contribution is 2.11. The van der Waals surface area contributed by atoms with Gasteiger partial charge in [-0.1, -0.05) is 5.92 Å². The van der Waals surface area contributed by atoms with Gasteiger partial charge in [-0.05, 0) is 36.1 Å². The Kier molecular flexibility index (Phi) is 3.79. The molecule has 0 aromatic heterocycles. The molecule has 2 N–H and O–H groups in total. The van der Waals surface area contributed by atoms with Crippen LogP contribution in [0.25, 0.3) is 0 Å². The maximum absolute atomic E-state index is 11.6. The van der Waals surface area contributed by atoms with Gasteiger partial charge in [0, 0.05) is 17.0 Å². The minimum Gasteiger partial charge on any atom is -0.366 e. The average molecular weight is 237 g/mol. The Balaban J connectivity index is 2.79. The highest BCUT2D eigenvalue weighted by Gasteiger charge is 2.22. The molecule has 1 aromatic rings. The quantitative estimate of drug-likeness (QED) is 0.742. The Morgan fingerprint density at radius 2 is 1.71 bits per heavy atom. The molecular weight excluding hydrogens is 231 g/mol. The SMILES string of the molecule is NC(=O)c1ccc(C#CC#CC(F)(F)F)cc1. The zero-order valence-electron chi connectivity index (χ0n) is 8.43. The number of carbonyl (C=O) groups excluding carboxylic acids is 1. The third kappa shape index (κ3) is 4.76. The van der Waals surface area contributed by atoms with Gasteiger partial charge in [0.1, 0.15) is 0 Å². The summed E-state index contributed by atoms with van der Waals surface area (Å²) < 4.78 is 34.9. The fourth-order valence-corrected chi connectivity index (χ4v) is 0.923. The third-order valence-corrected chi connectivity index (χ3v) is 1.64. The van der Waals surface area contributed by atoms with Crippen molar-refractivity contribution in [2.75, 3.05) is 0 Å².